The van der Waals surface area contributed by atoms with Gasteiger partial charge in [-0.1, -0.05) is 0 Å². The first-order valence-electron chi connectivity index (χ1n) is 4.29. The van der Waals surface area contributed by atoms with Crippen molar-refractivity contribution in [1.29, 1.82) is 0 Å². The number of aromatic nitrogens is 2. The molecule has 82 valence electrons. The van der Waals surface area contributed by atoms with E-state index in [4.69, 9.17) is 5.11 Å². The lowest BCUT2D eigenvalue weighted by molar-refractivity contribution is 0.0692. The minimum atomic E-state index is -1.28. The number of pyridine rings is 1. The fraction of sp³-hybridized carbons (Fsp3) is 0.111. The molecule has 7 heteroatoms. The van der Waals surface area contributed by atoms with Gasteiger partial charge in [0.1, 0.15) is 0 Å². The zero-order valence-electron chi connectivity index (χ0n) is 8.14. The number of imidazole rings is 1. The van der Waals surface area contributed by atoms with Crippen LogP contribution in [0.15, 0.2) is 21.9 Å². The Labute approximate surface area is 98.0 Å². The van der Waals surface area contributed by atoms with E-state index in [1.165, 1.54) is 4.40 Å². The number of rotatable bonds is 2. The predicted molar refractivity (Wildman–Crippen MR) is 60.0 cm³/mol. The van der Waals surface area contributed by atoms with E-state index in [1.807, 2.05) is 6.92 Å². The SMILES string of the molecule is Cc1cc(Br)c2nc(C(=O)O)c(N=O)n2c1. The van der Waals surface area contributed by atoms with Crippen molar-refractivity contribution in [3.05, 3.63) is 32.9 Å². The van der Waals surface area contributed by atoms with Crippen LogP contribution in [0.25, 0.3) is 5.65 Å². The number of nitrogens with zero attached hydrogens (tertiary/aromatic N) is 3. The van der Waals surface area contributed by atoms with Crippen LogP contribution in [0, 0.1) is 11.8 Å². The monoisotopic (exact) mass is 283 g/mol. The smallest absolute Gasteiger partial charge is 0.358 e. The van der Waals surface area contributed by atoms with E-state index < -0.39 is 5.97 Å². The summed E-state index contributed by atoms with van der Waals surface area (Å²) in [6, 6.07) is 1.78. The Morgan fingerprint density at radius 3 is 2.88 bits per heavy atom. The van der Waals surface area contributed by atoms with Gasteiger partial charge < -0.3 is 5.11 Å². The molecule has 0 aromatic carbocycles. The third-order valence-electron chi connectivity index (χ3n) is 2.08. The average Bonchev–Trinajstić information content (AvgIpc) is 2.56. The fourth-order valence-electron chi connectivity index (χ4n) is 1.45. The van der Waals surface area contributed by atoms with Crippen molar-refractivity contribution >= 4 is 33.4 Å². The van der Waals surface area contributed by atoms with Crippen molar-refractivity contribution < 1.29 is 9.90 Å². The second kappa shape index (κ2) is 3.67. The second-order valence-corrected chi connectivity index (χ2v) is 4.09. The summed E-state index contributed by atoms with van der Waals surface area (Å²) in [6.07, 6.45) is 1.61. The van der Waals surface area contributed by atoms with E-state index in [2.05, 4.69) is 26.1 Å². The molecule has 2 heterocycles. The van der Waals surface area contributed by atoms with Gasteiger partial charge in [0, 0.05) is 6.20 Å². The Morgan fingerprint density at radius 1 is 1.62 bits per heavy atom. The van der Waals surface area contributed by atoms with Gasteiger partial charge in [-0.3, -0.25) is 4.40 Å². The van der Waals surface area contributed by atoms with Gasteiger partial charge >= 0.3 is 5.97 Å². The molecule has 0 aliphatic heterocycles. The summed E-state index contributed by atoms with van der Waals surface area (Å²) < 4.78 is 1.97. The molecule has 2 aromatic heterocycles. The van der Waals surface area contributed by atoms with Gasteiger partial charge in [0.05, 0.1) is 4.47 Å². The summed E-state index contributed by atoms with van der Waals surface area (Å²) in [5, 5.41) is 11.6. The highest BCUT2D eigenvalue weighted by molar-refractivity contribution is 9.10. The number of nitroso groups, excluding NO2 is 1. The molecule has 0 radical (unpaired) electrons. The average molecular weight is 284 g/mol. The quantitative estimate of drug-likeness (QED) is 0.858. The highest BCUT2D eigenvalue weighted by Crippen LogP contribution is 2.27. The van der Waals surface area contributed by atoms with Crippen molar-refractivity contribution in [3.8, 4) is 0 Å². The molecule has 0 saturated carbocycles. The third-order valence-corrected chi connectivity index (χ3v) is 2.66. The van der Waals surface area contributed by atoms with Crippen molar-refractivity contribution in [3.63, 3.8) is 0 Å². The highest BCUT2D eigenvalue weighted by Gasteiger charge is 2.20. The molecule has 6 nitrogen and oxygen atoms in total. The molecule has 0 aliphatic rings. The van der Waals surface area contributed by atoms with E-state index >= 15 is 0 Å². The topological polar surface area (TPSA) is 84.0 Å². The van der Waals surface area contributed by atoms with E-state index in [0.29, 0.717) is 10.1 Å². The number of halogens is 1. The number of carboxylic acids is 1. The fourth-order valence-corrected chi connectivity index (χ4v) is 2.09. The van der Waals surface area contributed by atoms with Crippen molar-refractivity contribution in [1.82, 2.24) is 9.38 Å². The Balaban J connectivity index is 2.92. The zero-order chi connectivity index (χ0) is 11.9. The third kappa shape index (κ3) is 1.49. The lowest BCUT2D eigenvalue weighted by atomic mass is 10.3. The minimum absolute atomic E-state index is 0.202. The number of carboxylic acid groups (broad SMARTS) is 1. The van der Waals surface area contributed by atoms with Crippen molar-refractivity contribution in [2.75, 3.05) is 0 Å². The molecule has 0 fully saturated rings. The number of aryl methyl sites for hydroxylation is 1. The molecular weight excluding hydrogens is 278 g/mol. The van der Waals surface area contributed by atoms with Gasteiger partial charge in [-0.05, 0) is 39.7 Å². The number of aromatic carboxylic acids is 1. The van der Waals surface area contributed by atoms with Crippen LogP contribution in [0.4, 0.5) is 5.82 Å². The first-order valence-corrected chi connectivity index (χ1v) is 5.08. The number of hydrogen-bond acceptors (Lipinski definition) is 4. The predicted octanol–water partition coefficient (Wildman–Crippen LogP) is 2.50. The molecule has 16 heavy (non-hydrogen) atoms. The molecule has 0 spiro atoms. The van der Waals surface area contributed by atoms with Gasteiger partial charge in [-0.2, -0.15) is 0 Å². The number of hydrogen-bond donors (Lipinski definition) is 1. The first-order chi connectivity index (χ1) is 7.54. The van der Waals surface area contributed by atoms with Crippen molar-refractivity contribution in [2.45, 2.75) is 6.92 Å². The standard InChI is InChI=1S/C9H6BrN3O3/c1-4-2-5(10)7-11-6(9(14)15)8(12-16)13(7)3-4/h2-3H,1H3,(H,14,15). The molecule has 1 N–H and O–H groups in total. The molecule has 0 aliphatic carbocycles. The maximum Gasteiger partial charge on any atom is 0.358 e. The van der Waals surface area contributed by atoms with Crippen LogP contribution in [0.1, 0.15) is 16.1 Å². The molecule has 2 aromatic rings. The van der Waals surface area contributed by atoms with Gasteiger partial charge in [-0.15, -0.1) is 4.91 Å². The van der Waals surface area contributed by atoms with Gasteiger partial charge in [0.15, 0.2) is 11.3 Å². The maximum atomic E-state index is 10.9. The molecule has 2 rings (SSSR count). The summed E-state index contributed by atoms with van der Waals surface area (Å²) in [4.78, 5) is 25.3. The van der Waals surface area contributed by atoms with E-state index in [1.54, 1.807) is 12.3 Å². The first kappa shape index (κ1) is 10.7. The van der Waals surface area contributed by atoms with Crippen LogP contribution in [0.3, 0.4) is 0 Å². The van der Waals surface area contributed by atoms with Crippen molar-refractivity contribution in [2.24, 2.45) is 5.18 Å². The van der Waals surface area contributed by atoms with Crippen LogP contribution < -0.4 is 0 Å². The van der Waals surface area contributed by atoms with E-state index in [0.717, 1.165) is 5.56 Å². The highest BCUT2D eigenvalue weighted by atomic mass is 79.9. The van der Waals surface area contributed by atoms with E-state index in [-0.39, 0.29) is 11.5 Å². The normalized spacial score (nSPS) is 10.6. The molecule has 0 saturated heterocycles. The molecule has 0 atom stereocenters. The van der Waals surface area contributed by atoms with Crippen LogP contribution in [-0.4, -0.2) is 20.5 Å². The minimum Gasteiger partial charge on any atom is -0.476 e. The summed E-state index contributed by atoms with van der Waals surface area (Å²) in [5.41, 5.74) is 0.873. The number of fused-ring (bicyclic) bond motifs is 1. The van der Waals surface area contributed by atoms with Gasteiger partial charge in [0.25, 0.3) is 0 Å². The summed E-state index contributed by atoms with van der Waals surface area (Å²) in [5.74, 6) is -1.48. The second-order valence-electron chi connectivity index (χ2n) is 3.24. The van der Waals surface area contributed by atoms with Crippen LogP contribution in [0.5, 0.6) is 0 Å². The summed E-state index contributed by atoms with van der Waals surface area (Å²) in [6.45, 7) is 1.82. The maximum absolute atomic E-state index is 10.9. The van der Waals surface area contributed by atoms with Gasteiger partial charge in [-0.25, -0.2) is 9.78 Å². The molecule has 0 bridgehead atoms. The lowest BCUT2D eigenvalue weighted by Gasteiger charge is -1.99. The Morgan fingerprint density at radius 2 is 2.31 bits per heavy atom. The Hall–Kier alpha value is -1.76. The summed E-state index contributed by atoms with van der Waals surface area (Å²) in [7, 11) is 0. The molecule has 0 unspecified atom stereocenters. The molecular formula is C9H6BrN3O3. The molecule has 0 amide bonds. The van der Waals surface area contributed by atoms with Gasteiger partial charge in [0.2, 0.25) is 5.82 Å². The lowest BCUT2D eigenvalue weighted by Crippen LogP contribution is -1.96. The van der Waals surface area contributed by atoms with Crippen LogP contribution in [0.2, 0.25) is 0 Å². The Bertz CT molecular complexity index is 606. The van der Waals surface area contributed by atoms with Crippen LogP contribution in [-0.2, 0) is 0 Å². The number of carbonyl (C=O) groups is 1. The zero-order valence-corrected chi connectivity index (χ0v) is 9.72. The largest absolute Gasteiger partial charge is 0.476 e. The summed E-state index contributed by atoms with van der Waals surface area (Å²) >= 11 is 3.25. The van der Waals surface area contributed by atoms with Crippen LogP contribution >= 0.6 is 15.9 Å². The Kier molecular flexibility index (Phi) is 2.47. The van der Waals surface area contributed by atoms with E-state index in [9.17, 15) is 9.70 Å².